The molecule has 0 rings (SSSR count). The summed E-state index contributed by atoms with van der Waals surface area (Å²) in [6.07, 6.45) is 6.10. The first-order valence-corrected chi connectivity index (χ1v) is 6.00. The number of ether oxygens (including phenoxy) is 1. The van der Waals surface area contributed by atoms with Crippen molar-refractivity contribution in [2.24, 2.45) is 0 Å². The van der Waals surface area contributed by atoms with Gasteiger partial charge < -0.3 is 9.84 Å². The molecule has 1 atom stereocenters. The maximum absolute atomic E-state index is 11.2. The van der Waals surface area contributed by atoms with Crippen LogP contribution in [0.5, 0.6) is 0 Å². The molecule has 0 aromatic heterocycles. The quantitative estimate of drug-likeness (QED) is 0.476. The van der Waals surface area contributed by atoms with Crippen molar-refractivity contribution >= 4 is 5.97 Å². The van der Waals surface area contributed by atoms with Crippen molar-refractivity contribution in [1.82, 2.24) is 0 Å². The van der Waals surface area contributed by atoms with E-state index in [9.17, 15) is 4.79 Å². The number of aliphatic hydroxyl groups excluding tert-OH is 1. The van der Waals surface area contributed by atoms with Gasteiger partial charge in [0, 0.05) is 6.42 Å². The molecule has 1 N–H and O–H groups in total. The average molecular weight is 216 g/mol. The van der Waals surface area contributed by atoms with Crippen molar-refractivity contribution in [2.45, 2.75) is 64.9 Å². The van der Waals surface area contributed by atoms with Crippen molar-refractivity contribution in [3.63, 3.8) is 0 Å². The molecule has 0 bridgehead atoms. The first kappa shape index (κ1) is 14.4. The molecule has 0 saturated heterocycles. The Hall–Kier alpha value is -0.570. The minimum Gasteiger partial charge on any atom is -0.466 e. The summed E-state index contributed by atoms with van der Waals surface area (Å²) in [5, 5.41) is 8.98. The van der Waals surface area contributed by atoms with Gasteiger partial charge in [-0.2, -0.15) is 0 Å². The van der Waals surface area contributed by atoms with E-state index in [1.807, 2.05) is 0 Å². The fourth-order valence-electron chi connectivity index (χ4n) is 1.33. The van der Waals surface area contributed by atoms with Gasteiger partial charge in [0.1, 0.15) is 0 Å². The number of esters is 1. The zero-order valence-corrected chi connectivity index (χ0v) is 10.00. The molecule has 0 aliphatic carbocycles. The highest BCUT2D eigenvalue weighted by molar-refractivity contribution is 5.69. The largest absolute Gasteiger partial charge is 0.466 e. The molecule has 1 unspecified atom stereocenters. The minimum absolute atomic E-state index is 0.100. The van der Waals surface area contributed by atoms with E-state index in [1.165, 1.54) is 12.8 Å². The second-order valence-corrected chi connectivity index (χ2v) is 4.02. The van der Waals surface area contributed by atoms with Crippen molar-refractivity contribution < 1.29 is 14.6 Å². The van der Waals surface area contributed by atoms with E-state index in [2.05, 4.69) is 6.92 Å². The van der Waals surface area contributed by atoms with Crippen LogP contribution in [0.4, 0.5) is 0 Å². The van der Waals surface area contributed by atoms with Crippen LogP contribution in [0, 0.1) is 0 Å². The van der Waals surface area contributed by atoms with E-state index in [0.29, 0.717) is 19.4 Å². The lowest BCUT2D eigenvalue weighted by atomic mass is 10.1. The molecule has 15 heavy (non-hydrogen) atoms. The summed E-state index contributed by atoms with van der Waals surface area (Å²) in [6, 6.07) is 0. The Bertz CT molecular complexity index is 155. The van der Waals surface area contributed by atoms with Crippen molar-refractivity contribution in [1.29, 1.82) is 0 Å². The Morgan fingerprint density at radius 2 is 2.00 bits per heavy atom. The molecule has 0 aliphatic rings. The van der Waals surface area contributed by atoms with Crippen LogP contribution in [0.25, 0.3) is 0 Å². The summed E-state index contributed by atoms with van der Waals surface area (Å²) in [5.41, 5.74) is 0. The van der Waals surface area contributed by atoms with Crippen LogP contribution < -0.4 is 0 Å². The lowest BCUT2D eigenvalue weighted by Crippen LogP contribution is -2.08. The van der Waals surface area contributed by atoms with Gasteiger partial charge in [0.15, 0.2) is 0 Å². The molecule has 0 heterocycles. The Balaban J connectivity index is 3.19. The van der Waals surface area contributed by atoms with E-state index in [4.69, 9.17) is 9.84 Å². The summed E-state index contributed by atoms with van der Waals surface area (Å²) < 4.78 is 5.02. The average Bonchev–Trinajstić information content (AvgIpc) is 2.19. The zero-order chi connectivity index (χ0) is 11.5. The highest BCUT2D eigenvalue weighted by Gasteiger charge is 2.02. The van der Waals surface area contributed by atoms with Crippen LogP contribution in [-0.4, -0.2) is 23.8 Å². The summed E-state index contributed by atoms with van der Waals surface area (Å²) >= 11 is 0. The van der Waals surface area contributed by atoms with Gasteiger partial charge >= 0.3 is 5.97 Å². The highest BCUT2D eigenvalue weighted by Crippen LogP contribution is 2.04. The topological polar surface area (TPSA) is 46.5 Å². The maximum Gasteiger partial charge on any atom is 0.305 e. The second kappa shape index (κ2) is 9.97. The molecule has 0 saturated carbocycles. The molecule has 0 aliphatic heterocycles. The van der Waals surface area contributed by atoms with Gasteiger partial charge in [0.2, 0.25) is 0 Å². The van der Waals surface area contributed by atoms with Gasteiger partial charge in [0.05, 0.1) is 12.7 Å². The molecule has 0 aromatic rings. The molecule has 0 radical (unpaired) electrons. The number of aliphatic hydroxyl groups is 1. The smallest absolute Gasteiger partial charge is 0.305 e. The number of hydrogen-bond donors (Lipinski definition) is 1. The van der Waals surface area contributed by atoms with Gasteiger partial charge in [-0.05, 0) is 26.2 Å². The zero-order valence-electron chi connectivity index (χ0n) is 10.00. The molecule has 3 nitrogen and oxygen atoms in total. The van der Waals surface area contributed by atoms with Gasteiger partial charge in [-0.15, -0.1) is 0 Å². The SMILES string of the molecule is CCCCCCC(=O)OCCCC(C)O. The second-order valence-electron chi connectivity index (χ2n) is 4.02. The predicted octanol–water partition coefficient (Wildman–Crippen LogP) is 2.66. The number of carbonyl (C=O) groups excluding carboxylic acids is 1. The van der Waals surface area contributed by atoms with E-state index in [-0.39, 0.29) is 12.1 Å². The normalized spacial score (nSPS) is 12.5. The molecular weight excluding hydrogens is 192 g/mol. The van der Waals surface area contributed by atoms with Gasteiger partial charge in [-0.1, -0.05) is 26.2 Å². The van der Waals surface area contributed by atoms with Gasteiger partial charge in [-0.25, -0.2) is 0 Å². The number of carbonyl (C=O) groups is 1. The fraction of sp³-hybridized carbons (Fsp3) is 0.917. The standard InChI is InChI=1S/C12H24O3/c1-3-4-5-6-9-12(14)15-10-7-8-11(2)13/h11,13H,3-10H2,1-2H3. The molecule has 90 valence electrons. The third-order valence-electron chi connectivity index (χ3n) is 2.26. The van der Waals surface area contributed by atoms with Crippen LogP contribution in [0.15, 0.2) is 0 Å². The van der Waals surface area contributed by atoms with E-state index < -0.39 is 0 Å². The first-order valence-electron chi connectivity index (χ1n) is 6.00. The monoisotopic (exact) mass is 216 g/mol. The Morgan fingerprint density at radius 3 is 2.60 bits per heavy atom. The minimum atomic E-state index is -0.298. The van der Waals surface area contributed by atoms with Crippen molar-refractivity contribution in [3.05, 3.63) is 0 Å². The summed E-state index contributed by atoms with van der Waals surface area (Å²) in [4.78, 5) is 11.2. The fourth-order valence-corrected chi connectivity index (χ4v) is 1.33. The van der Waals surface area contributed by atoms with Crippen LogP contribution in [0.2, 0.25) is 0 Å². The lowest BCUT2D eigenvalue weighted by molar-refractivity contribution is -0.144. The Kier molecular flexibility index (Phi) is 9.59. The summed E-state index contributed by atoms with van der Waals surface area (Å²) in [7, 11) is 0. The Morgan fingerprint density at radius 1 is 1.27 bits per heavy atom. The molecule has 0 spiro atoms. The highest BCUT2D eigenvalue weighted by atomic mass is 16.5. The van der Waals surface area contributed by atoms with Crippen LogP contribution in [0.3, 0.4) is 0 Å². The molecule has 0 fully saturated rings. The lowest BCUT2D eigenvalue weighted by Gasteiger charge is -2.05. The molecule has 3 heteroatoms. The third kappa shape index (κ3) is 11.4. The molecule has 0 aromatic carbocycles. The number of unbranched alkanes of at least 4 members (excludes halogenated alkanes) is 3. The number of rotatable bonds is 9. The van der Waals surface area contributed by atoms with E-state index >= 15 is 0 Å². The van der Waals surface area contributed by atoms with E-state index in [1.54, 1.807) is 6.92 Å². The van der Waals surface area contributed by atoms with Crippen molar-refractivity contribution in [3.8, 4) is 0 Å². The summed E-state index contributed by atoms with van der Waals surface area (Å²) in [6.45, 7) is 4.33. The first-order chi connectivity index (χ1) is 7.16. The van der Waals surface area contributed by atoms with Crippen LogP contribution in [-0.2, 0) is 9.53 Å². The van der Waals surface area contributed by atoms with Crippen LogP contribution in [0.1, 0.15) is 58.8 Å². The predicted molar refractivity (Wildman–Crippen MR) is 60.6 cm³/mol. The molecular formula is C12H24O3. The molecule has 0 amide bonds. The van der Waals surface area contributed by atoms with Crippen molar-refractivity contribution in [2.75, 3.05) is 6.61 Å². The Labute approximate surface area is 92.8 Å². The van der Waals surface area contributed by atoms with Gasteiger partial charge in [-0.3, -0.25) is 4.79 Å². The van der Waals surface area contributed by atoms with Gasteiger partial charge in [0.25, 0.3) is 0 Å². The third-order valence-corrected chi connectivity index (χ3v) is 2.26. The number of hydrogen-bond acceptors (Lipinski definition) is 3. The summed E-state index contributed by atoms with van der Waals surface area (Å²) in [5.74, 6) is -0.100. The van der Waals surface area contributed by atoms with Crippen LogP contribution >= 0.6 is 0 Å². The van der Waals surface area contributed by atoms with E-state index in [0.717, 1.165) is 19.3 Å². The maximum atomic E-state index is 11.2.